The molecule has 3 heteroatoms. The Balaban J connectivity index is 1.99. The Kier molecular flexibility index (Phi) is 2.30. The van der Waals surface area contributed by atoms with E-state index in [1.54, 1.807) is 0 Å². The fourth-order valence-electron chi connectivity index (χ4n) is 5.27. The van der Waals surface area contributed by atoms with Gasteiger partial charge in [0.25, 0.3) is 0 Å². The molecule has 0 amide bonds. The minimum absolute atomic E-state index is 0.0264. The van der Waals surface area contributed by atoms with Gasteiger partial charge in [0, 0.05) is 12.0 Å². The van der Waals surface area contributed by atoms with Crippen LogP contribution in [-0.2, 0) is 9.53 Å². The van der Waals surface area contributed by atoms with Crippen LogP contribution in [0.5, 0.6) is 0 Å². The lowest BCUT2D eigenvalue weighted by Gasteiger charge is -2.66. The highest BCUT2D eigenvalue weighted by Crippen LogP contribution is 2.66. The molecule has 4 aliphatic carbocycles. The van der Waals surface area contributed by atoms with Gasteiger partial charge in [0.2, 0.25) is 0 Å². The van der Waals surface area contributed by atoms with Gasteiger partial charge in [0.1, 0.15) is 5.60 Å². The van der Waals surface area contributed by atoms with Crippen molar-refractivity contribution in [1.29, 1.82) is 0 Å². The predicted octanol–water partition coefficient (Wildman–Crippen LogP) is 2.44. The third-order valence-electron chi connectivity index (χ3n) is 5.58. The largest absolute Gasteiger partial charge is 0.455 e. The molecule has 0 spiro atoms. The van der Waals surface area contributed by atoms with E-state index in [1.165, 1.54) is 6.08 Å². The lowest BCUT2D eigenvalue weighted by atomic mass is 9.43. The van der Waals surface area contributed by atoms with E-state index < -0.39 is 11.2 Å². The van der Waals surface area contributed by atoms with Gasteiger partial charge in [-0.1, -0.05) is 20.4 Å². The van der Waals surface area contributed by atoms with Crippen molar-refractivity contribution in [2.24, 2.45) is 17.3 Å². The maximum Gasteiger partial charge on any atom is 0.330 e. The van der Waals surface area contributed by atoms with Crippen LogP contribution in [0.1, 0.15) is 46.0 Å². The van der Waals surface area contributed by atoms with Crippen LogP contribution in [0.25, 0.3) is 0 Å². The number of rotatable bonds is 2. The first-order chi connectivity index (χ1) is 8.31. The molecule has 4 aliphatic rings. The van der Waals surface area contributed by atoms with E-state index in [2.05, 4.69) is 13.5 Å². The van der Waals surface area contributed by atoms with Gasteiger partial charge in [-0.05, 0) is 43.4 Å². The molecule has 4 rings (SSSR count). The van der Waals surface area contributed by atoms with Crippen LogP contribution < -0.4 is 0 Å². The van der Waals surface area contributed by atoms with Crippen LogP contribution in [0.4, 0.5) is 0 Å². The zero-order valence-corrected chi connectivity index (χ0v) is 11.2. The first kappa shape index (κ1) is 12.2. The zero-order valence-electron chi connectivity index (χ0n) is 11.2. The molecule has 0 aromatic rings. The number of hydrogen-bond acceptors (Lipinski definition) is 3. The minimum atomic E-state index is -0.643. The monoisotopic (exact) mass is 250 g/mol. The fourth-order valence-corrected chi connectivity index (χ4v) is 5.27. The number of aliphatic hydroxyl groups is 1. The summed E-state index contributed by atoms with van der Waals surface area (Å²) in [6.45, 7) is 7.75. The SMILES string of the molecule is C=CC(=O)OC12CC3CC(C)(CC(O)(C3)C1C)C2. The molecular weight excluding hydrogens is 228 g/mol. The Labute approximate surface area is 108 Å². The Morgan fingerprint density at radius 1 is 1.39 bits per heavy atom. The van der Waals surface area contributed by atoms with Crippen LogP contribution >= 0.6 is 0 Å². The van der Waals surface area contributed by atoms with E-state index >= 15 is 0 Å². The molecule has 4 saturated carbocycles. The van der Waals surface area contributed by atoms with Crippen LogP contribution in [0.2, 0.25) is 0 Å². The molecule has 100 valence electrons. The van der Waals surface area contributed by atoms with E-state index in [1.807, 2.05) is 6.92 Å². The van der Waals surface area contributed by atoms with Crippen molar-refractivity contribution in [2.45, 2.75) is 57.2 Å². The van der Waals surface area contributed by atoms with Gasteiger partial charge in [-0.3, -0.25) is 0 Å². The molecule has 4 bridgehead atoms. The average molecular weight is 250 g/mol. The van der Waals surface area contributed by atoms with Crippen LogP contribution in [0.15, 0.2) is 12.7 Å². The number of hydrogen-bond donors (Lipinski definition) is 1. The first-order valence-electron chi connectivity index (χ1n) is 6.89. The van der Waals surface area contributed by atoms with Gasteiger partial charge >= 0.3 is 5.97 Å². The molecule has 0 saturated heterocycles. The highest BCUT2D eigenvalue weighted by Gasteiger charge is 2.67. The van der Waals surface area contributed by atoms with Crippen molar-refractivity contribution in [3.05, 3.63) is 12.7 Å². The lowest BCUT2D eigenvalue weighted by Crippen LogP contribution is -2.68. The summed E-state index contributed by atoms with van der Waals surface area (Å²) in [6.07, 6.45) is 5.92. The number of esters is 1. The van der Waals surface area contributed by atoms with Gasteiger partial charge in [-0.15, -0.1) is 0 Å². The topological polar surface area (TPSA) is 46.5 Å². The van der Waals surface area contributed by atoms with E-state index in [0.29, 0.717) is 5.92 Å². The van der Waals surface area contributed by atoms with E-state index in [0.717, 1.165) is 32.1 Å². The summed E-state index contributed by atoms with van der Waals surface area (Å²) < 4.78 is 5.73. The summed E-state index contributed by atoms with van der Waals surface area (Å²) in [5.74, 6) is 0.172. The molecule has 3 nitrogen and oxygen atoms in total. The zero-order chi connectivity index (χ0) is 13.2. The van der Waals surface area contributed by atoms with Gasteiger partial charge in [0.05, 0.1) is 5.60 Å². The van der Waals surface area contributed by atoms with Gasteiger partial charge in [-0.25, -0.2) is 4.79 Å². The van der Waals surface area contributed by atoms with Gasteiger partial charge in [-0.2, -0.15) is 0 Å². The number of ether oxygens (including phenoxy) is 1. The Morgan fingerprint density at radius 2 is 2.11 bits per heavy atom. The van der Waals surface area contributed by atoms with Crippen LogP contribution in [0, 0.1) is 17.3 Å². The number of carbonyl (C=O) groups is 1. The lowest BCUT2D eigenvalue weighted by molar-refractivity contribution is -0.269. The minimum Gasteiger partial charge on any atom is -0.455 e. The van der Waals surface area contributed by atoms with E-state index in [9.17, 15) is 9.90 Å². The van der Waals surface area contributed by atoms with Crippen molar-refractivity contribution in [1.82, 2.24) is 0 Å². The predicted molar refractivity (Wildman–Crippen MR) is 67.8 cm³/mol. The summed E-state index contributed by atoms with van der Waals surface area (Å²) in [5.41, 5.74) is -0.978. The molecule has 0 aliphatic heterocycles. The maximum atomic E-state index is 11.6. The second-order valence-corrected chi connectivity index (χ2v) is 7.16. The van der Waals surface area contributed by atoms with Gasteiger partial charge in [0.15, 0.2) is 0 Å². The quantitative estimate of drug-likeness (QED) is 0.605. The third kappa shape index (κ3) is 1.49. The van der Waals surface area contributed by atoms with E-state index in [4.69, 9.17) is 4.74 Å². The Morgan fingerprint density at radius 3 is 2.72 bits per heavy atom. The Bertz CT molecular complexity index is 418. The van der Waals surface area contributed by atoms with Crippen LogP contribution in [0.3, 0.4) is 0 Å². The molecule has 4 fully saturated rings. The van der Waals surface area contributed by atoms with Crippen molar-refractivity contribution in [3.63, 3.8) is 0 Å². The number of carbonyl (C=O) groups excluding carboxylic acids is 1. The van der Waals surface area contributed by atoms with E-state index in [-0.39, 0.29) is 17.3 Å². The molecular formula is C15H22O3. The molecule has 0 radical (unpaired) electrons. The summed E-state index contributed by atoms with van der Waals surface area (Å²) in [6, 6.07) is 0. The summed E-state index contributed by atoms with van der Waals surface area (Å²) in [7, 11) is 0. The second-order valence-electron chi connectivity index (χ2n) is 7.16. The first-order valence-corrected chi connectivity index (χ1v) is 6.89. The molecule has 5 unspecified atom stereocenters. The average Bonchev–Trinajstić information content (AvgIpc) is 2.22. The van der Waals surface area contributed by atoms with Crippen LogP contribution in [-0.4, -0.2) is 22.3 Å². The summed E-state index contributed by atoms with van der Waals surface area (Å²) in [4.78, 5) is 11.6. The van der Waals surface area contributed by atoms with Crippen molar-refractivity contribution >= 4 is 5.97 Å². The smallest absolute Gasteiger partial charge is 0.330 e. The van der Waals surface area contributed by atoms with Crippen molar-refractivity contribution < 1.29 is 14.6 Å². The fraction of sp³-hybridized carbons (Fsp3) is 0.800. The maximum absolute atomic E-state index is 11.6. The highest BCUT2D eigenvalue weighted by atomic mass is 16.6. The molecule has 1 N–H and O–H groups in total. The van der Waals surface area contributed by atoms with Crippen molar-refractivity contribution in [2.75, 3.05) is 0 Å². The molecule has 18 heavy (non-hydrogen) atoms. The summed E-state index contributed by atoms with van der Waals surface area (Å²) >= 11 is 0. The summed E-state index contributed by atoms with van der Waals surface area (Å²) in [5, 5.41) is 10.9. The normalized spacial score (nSPS) is 53.3. The Hall–Kier alpha value is -0.830. The highest BCUT2D eigenvalue weighted by molar-refractivity contribution is 5.81. The molecule has 0 heterocycles. The molecule has 0 aromatic heterocycles. The second kappa shape index (κ2) is 3.38. The van der Waals surface area contributed by atoms with Gasteiger partial charge < -0.3 is 9.84 Å². The molecule has 0 aromatic carbocycles. The third-order valence-corrected chi connectivity index (χ3v) is 5.58. The molecule has 5 atom stereocenters. The standard InChI is InChI=1S/C15H22O3/c1-4-12(16)18-15-7-11-5-13(3,9-15)8-14(17,6-11)10(15)2/h4,10-11,17H,1,5-9H2,2-3H3. The van der Waals surface area contributed by atoms with Crippen molar-refractivity contribution in [3.8, 4) is 0 Å².